The molecule has 0 unspecified atom stereocenters. The summed E-state index contributed by atoms with van der Waals surface area (Å²) in [4.78, 5) is 14.6. The normalized spacial score (nSPS) is 14.3. The maximum absolute atomic E-state index is 12.4. The number of morpholine rings is 1. The summed E-state index contributed by atoms with van der Waals surface area (Å²) in [6.45, 7) is 2.91. The number of anilines is 2. The van der Waals surface area contributed by atoms with Crippen LogP contribution in [0.4, 0.5) is 11.4 Å². The van der Waals surface area contributed by atoms with Gasteiger partial charge in [0.1, 0.15) is 5.75 Å². The molecule has 1 N–H and O–H groups in total. The molecule has 8 heteroatoms. The van der Waals surface area contributed by atoms with Crippen molar-refractivity contribution >= 4 is 28.3 Å². The summed E-state index contributed by atoms with van der Waals surface area (Å²) in [6, 6.07) is 11.2. The maximum Gasteiger partial charge on any atom is 0.228 e. The Labute approximate surface area is 156 Å². The molecule has 140 valence electrons. The van der Waals surface area contributed by atoms with Crippen LogP contribution in [-0.4, -0.2) is 49.6 Å². The third kappa shape index (κ3) is 3.70. The molecular formula is C19H20N4O4. The number of fused-ring (bicyclic) bond motifs is 1. The lowest BCUT2D eigenvalue weighted by molar-refractivity contribution is -0.115. The number of nitrogens with zero attached hydrogens (tertiary/aromatic N) is 3. The molecule has 0 atom stereocenters. The predicted molar refractivity (Wildman–Crippen MR) is 100 cm³/mol. The molecule has 3 aromatic rings. The van der Waals surface area contributed by atoms with Gasteiger partial charge in [-0.25, -0.2) is 4.63 Å². The van der Waals surface area contributed by atoms with Gasteiger partial charge in [-0.15, -0.1) is 0 Å². The van der Waals surface area contributed by atoms with Gasteiger partial charge in [0.15, 0.2) is 11.0 Å². The van der Waals surface area contributed by atoms with Gasteiger partial charge in [0.2, 0.25) is 5.91 Å². The van der Waals surface area contributed by atoms with Gasteiger partial charge in [0, 0.05) is 13.1 Å². The quantitative estimate of drug-likeness (QED) is 0.739. The lowest BCUT2D eigenvalue weighted by atomic mass is 10.1. The predicted octanol–water partition coefficient (Wildman–Crippen LogP) is 2.25. The standard InChI is InChI=1S/C19H20N4O4/c1-25-14-4-2-13(3-5-14)12-17(24)20-15-6-7-16(19-18(15)21-27-22-19)23-8-10-26-11-9-23/h2-7H,8-12H2,1H3,(H,20,24). The number of nitrogens with one attached hydrogen (secondary N) is 1. The summed E-state index contributed by atoms with van der Waals surface area (Å²) in [6.07, 6.45) is 0.252. The third-order valence-corrected chi connectivity index (χ3v) is 4.54. The summed E-state index contributed by atoms with van der Waals surface area (Å²) >= 11 is 0. The number of hydrogen-bond donors (Lipinski definition) is 1. The highest BCUT2D eigenvalue weighted by molar-refractivity contribution is 6.03. The fourth-order valence-electron chi connectivity index (χ4n) is 3.14. The van der Waals surface area contributed by atoms with Crippen molar-refractivity contribution in [3.8, 4) is 5.75 Å². The molecule has 2 aromatic carbocycles. The molecule has 1 aromatic heterocycles. The molecule has 1 aliphatic heterocycles. The van der Waals surface area contributed by atoms with Gasteiger partial charge < -0.3 is 19.7 Å². The summed E-state index contributed by atoms with van der Waals surface area (Å²) in [5.41, 5.74) is 3.60. The maximum atomic E-state index is 12.4. The first-order chi connectivity index (χ1) is 13.2. The average molecular weight is 368 g/mol. The molecule has 0 spiro atoms. The number of methoxy groups -OCH3 is 1. The van der Waals surface area contributed by atoms with Gasteiger partial charge in [0.05, 0.1) is 38.1 Å². The van der Waals surface area contributed by atoms with Gasteiger partial charge in [-0.1, -0.05) is 12.1 Å². The number of benzene rings is 2. The minimum absolute atomic E-state index is 0.136. The Morgan fingerprint density at radius 2 is 1.85 bits per heavy atom. The Morgan fingerprint density at radius 3 is 2.59 bits per heavy atom. The van der Waals surface area contributed by atoms with Gasteiger partial charge in [0.25, 0.3) is 0 Å². The van der Waals surface area contributed by atoms with Gasteiger partial charge in [-0.3, -0.25) is 4.79 Å². The van der Waals surface area contributed by atoms with E-state index in [1.807, 2.05) is 36.4 Å². The summed E-state index contributed by atoms with van der Waals surface area (Å²) in [7, 11) is 1.61. The molecule has 1 aliphatic rings. The second-order valence-corrected chi connectivity index (χ2v) is 6.27. The van der Waals surface area contributed by atoms with E-state index in [0.717, 1.165) is 30.1 Å². The number of carbonyl (C=O) groups is 1. The van der Waals surface area contributed by atoms with Crippen LogP contribution in [0, 0.1) is 0 Å². The number of aromatic nitrogens is 2. The second kappa shape index (κ2) is 7.63. The molecule has 0 aliphatic carbocycles. The number of amides is 1. The number of carbonyl (C=O) groups excluding carboxylic acids is 1. The van der Waals surface area contributed by atoms with E-state index >= 15 is 0 Å². The largest absolute Gasteiger partial charge is 0.497 e. The Kier molecular flexibility index (Phi) is 4.88. The first kappa shape index (κ1) is 17.3. The molecule has 1 saturated heterocycles. The van der Waals surface area contributed by atoms with E-state index in [1.165, 1.54) is 0 Å². The molecule has 4 rings (SSSR count). The van der Waals surface area contributed by atoms with Crippen LogP contribution < -0.4 is 15.0 Å². The first-order valence-corrected chi connectivity index (χ1v) is 8.75. The van der Waals surface area contributed by atoms with Crippen LogP contribution in [0.2, 0.25) is 0 Å². The van der Waals surface area contributed by atoms with E-state index in [9.17, 15) is 4.79 Å². The smallest absolute Gasteiger partial charge is 0.228 e. The zero-order chi connectivity index (χ0) is 18.6. The van der Waals surface area contributed by atoms with Crippen LogP contribution in [0.1, 0.15) is 5.56 Å². The highest BCUT2D eigenvalue weighted by Crippen LogP contribution is 2.30. The molecule has 1 amide bonds. The summed E-state index contributed by atoms with van der Waals surface area (Å²) < 4.78 is 15.5. The van der Waals surface area contributed by atoms with Crippen molar-refractivity contribution in [2.45, 2.75) is 6.42 Å². The highest BCUT2D eigenvalue weighted by atomic mass is 16.6. The summed E-state index contributed by atoms with van der Waals surface area (Å²) in [5.74, 6) is 0.622. The average Bonchev–Trinajstić information content (AvgIpc) is 3.20. The Balaban J connectivity index is 1.51. The van der Waals surface area contributed by atoms with Crippen molar-refractivity contribution in [2.24, 2.45) is 0 Å². The van der Waals surface area contributed by atoms with E-state index in [0.29, 0.717) is 29.9 Å². The summed E-state index contributed by atoms with van der Waals surface area (Å²) in [5, 5.41) is 10.9. The van der Waals surface area contributed by atoms with Gasteiger partial charge in [-0.2, -0.15) is 0 Å². The van der Waals surface area contributed by atoms with Crippen LogP contribution in [0.15, 0.2) is 41.0 Å². The lowest BCUT2D eigenvalue weighted by Gasteiger charge is -2.28. The van der Waals surface area contributed by atoms with Crippen molar-refractivity contribution in [3.05, 3.63) is 42.0 Å². The van der Waals surface area contributed by atoms with Crippen molar-refractivity contribution in [3.63, 3.8) is 0 Å². The molecule has 8 nitrogen and oxygen atoms in total. The molecule has 0 saturated carbocycles. The SMILES string of the molecule is COc1ccc(CC(=O)Nc2ccc(N3CCOCC3)c3nonc23)cc1. The number of hydrogen-bond acceptors (Lipinski definition) is 7. The minimum atomic E-state index is -0.136. The fourth-order valence-corrected chi connectivity index (χ4v) is 3.14. The molecule has 2 heterocycles. The zero-order valence-corrected chi connectivity index (χ0v) is 15.0. The Morgan fingerprint density at radius 1 is 1.11 bits per heavy atom. The molecule has 0 radical (unpaired) electrons. The van der Waals surface area contributed by atoms with Crippen molar-refractivity contribution < 1.29 is 18.9 Å². The molecule has 1 fully saturated rings. The van der Waals surface area contributed by atoms with Crippen molar-refractivity contribution in [1.82, 2.24) is 10.3 Å². The van der Waals surface area contributed by atoms with Crippen LogP contribution in [-0.2, 0) is 16.0 Å². The first-order valence-electron chi connectivity index (χ1n) is 8.75. The van der Waals surface area contributed by atoms with Crippen LogP contribution >= 0.6 is 0 Å². The van der Waals surface area contributed by atoms with Crippen molar-refractivity contribution in [2.75, 3.05) is 43.6 Å². The Bertz CT molecular complexity index is 933. The number of rotatable bonds is 5. The second-order valence-electron chi connectivity index (χ2n) is 6.27. The van der Waals surface area contributed by atoms with Crippen LogP contribution in [0.25, 0.3) is 11.0 Å². The molecule has 27 heavy (non-hydrogen) atoms. The third-order valence-electron chi connectivity index (χ3n) is 4.54. The van der Waals surface area contributed by atoms with E-state index in [2.05, 4.69) is 20.5 Å². The number of ether oxygens (including phenoxy) is 2. The van der Waals surface area contributed by atoms with E-state index in [-0.39, 0.29) is 12.3 Å². The Hall–Kier alpha value is -3.13. The minimum Gasteiger partial charge on any atom is -0.497 e. The van der Waals surface area contributed by atoms with Gasteiger partial charge >= 0.3 is 0 Å². The van der Waals surface area contributed by atoms with Crippen LogP contribution in [0.5, 0.6) is 5.75 Å². The monoisotopic (exact) mass is 368 g/mol. The topological polar surface area (TPSA) is 89.7 Å². The molecular weight excluding hydrogens is 348 g/mol. The van der Waals surface area contributed by atoms with Crippen LogP contribution in [0.3, 0.4) is 0 Å². The van der Waals surface area contributed by atoms with E-state index in [1.54, 1.807) is 7.11 Å². The highest BCUT2D eigenvalue weighted by Gasteiger charge is 2.19. The van der Waals surface area contributed by atoms with E-state index in [4.69, 9.17) is 14.1 Å². The lowest BCUT2D eigenvalue weighted by Crippen LogP contribution is -2.36. The van der Waals surface area contributed by atoms with E-state index < -0.39 is 0 Å². The zero-order valence-electron chi connectivity index (χ0n) is 15.0. The van der Waals surface area contributed by atoms with Gasteiger partial charge in [-0.05, 0) is 40.1 Å². The fraction of sp³-hybridized carbons (Fsp3) is 0.316. The van der Waals surface area contributed by atoms with Crippen molar-refractivity contribution in [1.29, 1.82) is 0 Å². The molecule has 0 bridgehead atoms.